The first kappa shape index (κ1) is 19.6. The number of benzene rings is 2. The SMILES string of the molecule is Cc1c(Cl)cccc1N(CCCC(=O)O)S(=O)(=O)c1ccc(Cl)cc1. The van der Waals surface area contributed by atoms with Crippen molar-refractivity contribution >= 4 is 44.9 Å². The average Bonchev–Trinajstić information content (AvgIpc) is 2.55. The average molecular weight is 402 g/mol. The van der Waals surface area contributed by atoms with E-state index in [-0.39, 0.29) is 24.3 Å². The van der Waals surface area contributed by atoms with Crippen LogP contribution in [0.1, 0.15) is 18.4 Å². The summed E-state index contributed by atoms with van der Waals surface area (Å²) in [5.74, 6) is -0.980. The largest absolute Gasteiger partial charge is 0.481 e. The maximum absolute atomic E-state index is 13.1. The lowest BCUT2D eigenvalue weighted by Crippen LogP contribution is -2.33. The van der Waals surface area contributed by atoms with Crippen molar-refractivity contribution in [1.29, 1.82) is 0 Å². The van der Waals surface area contributed by atoms with Gasteiger partial charge in [0.15, 0.2) is 0 Å². The first-order chi connectivity index (χ1) is 11.7. The second-order valence-corrected chi connectivity index (χ2v) is 8.12. The molecule has 8 heteroatoms. The molecule has 2 aromatic carbocycles. The van der Waals surface area contributed by atoms with Gasteiger partial charge in [-0.05, 0) is 55.3 Å². The van der Waals surface area contributed by atoms with Gasteiger partial charge in [0.1, 0.15) is 0 Å². The van der Waals surface area contributed by atoms with Crippen LogP contribution in [0.5, 0.6) is 0 Å². The normalized spacial score (nSPS) is 11.3. The zero-order valence-corrected chi connectivity index (χ0v) is 15.8. The number of hydrogen-bond donors (Lipinski definition) is 1. The van der Waals surface area contributed by atoms with Crippen molar-refractivity contribution in [1.82, 2.24) is 0 Å². The summed E-state index contributed by atoms with van der Waals surface area (Å²) in [5, 5.41) is 9.71. The smallest absolute Gasteiger partial charge is 0.303 e. The summed E-state index contributed by atoms with van der Waals surface area (Å²) < 4.78 is 27.3. The predicted molar refractivity (Wildman–Crippen MR) is 99.0 cm³/mol. The fourth-order valence-electron chi connectivity index (χ4n) is 2.34. The third kappa shape index (κ3) is 4.66. The van der Waals surface area contributed by atoms with Crippen LogP contribution in [0, 0.1) is 6.92 Å². The van der Waals surface area contributed by atoms with Crippen molar-refractivity contribution in [2.45, 2.75) is 24.7 Å². The van der Waals surface area contributed by atoms with Gasteiger partial charge in [0.25, 0.3) is 10.0 Å². The molecule has 0 fully saturated rings. The minimum atomic E-state index is -3.88. The molecule has 0 amide bonds. The maximum atomic E-state index is 13.1. The number of carboxylic acid groups (broad SMARTS) is 1. The summed E-state index contributed by atoms with van der Waals surface area (Å²) in [6.07, 6.45) is 0.0420. The molecule has 2 rings (SSSR count). The van der Waals surface area contributed by atoms with E-state index in [1.54, 1.807) is 25.1 Å². The van der Waals surface area contributed by atoms with Gasteiger partial charge in [-0.15, -0.1) is 0 Å². The highest BCUT2D eigenvalue weighted by Gasteiger charge is 2.26. The highest BCUT2D eigenvalue weighted by molar-refractivity contribution is 7.92. The number of carbonyl (C=O) groups is 1. The number of carboxylic acids is 1. The Kier molecular flexibility index (Phi) is 6.32. The molecule has 0 aliphatic heterocycles. The van der Waals surface area contributed by atoms with Crippen LogP contribution in [0.2, 0.25) is 10.0 Å². The van der Waals surface area contributed by atoms with Crippen LogP contribution >= 0.6 is 23.2 Å². The molecule has 0 aliphatic carbocycles. The van der Waals surface area contributed by atoms with Crippen molar-refractivity contribution in [2.75, 3.05) is 10.8 Å². The Bertz CT molecular complexity index is 867. The fraction of sp³-hybridized carbons (Fsp3) is 0.235. The molecule has 25 heavy (non-hydrogen) atoms. The van der Waals surface area contributed by atoms with Crippen molar-refractivity contribution in [3.05, 3.63) is 58.1 Å². The molecule has 0 bridgehead atoms. The second kappa shape index (κ2) is 8.08. The minimum absolute atomic E-state index is 0.0262. The van der Waals surface area contributed by atoms with Crippen LogP contribution in [0.25, 0.3) is 0 Å². The van der Waals surface area contributed by atoms with E-state index >= 15 is 0 Å². The molecule has 0 spiro atoms. The molecule has 0 saturated carbocycles. The van der Waals surface area contributed by atoms with E-state index in [9.17, 15) is 13.2 Å². The van der Waals surface area contributed by atoms with Crippen molar-refractivity contribution in [2.24, 2.45) is 0 Å². The summed E-state index contributed by atoms with van der Waals surface area (Å²) in [6, 6.07) is 10.8. The number of halogens is 2. The summed E-state index contributed by atoms with van der Waals surface area (Å²) in [7, 11) is -3.88. The van der Waals surface area contributed by atoms with Gasteiger partial charge >= 0.3 is 5.97 Å². The van der Waals surface area contributed by atoms with Gasteiger partial charge in [-0.25, -0.2) is 8.42 Å². The fourth-order valence-corrected chi connectivity index (χ4v) is 4.20. The number of sulfonamides is 1. The molecule has 0 aromatic heterocycles. The summed E-state index contributed by atoms with van der Waals surface area (Å²) >= 11 is 12.0. The Morgan fingerprint density at radius 3 is 2.36 bits per heavy atom. The van der Waals surface area contributed by atoms with E-state index in [1.165, 1.54) is 28.6 Å². The minimum Gasteiger partial charge on any atom is -0.481 e. The maximum Gasteiger partial charge on any atom is 0.303 e. The van der Waals surface area contributed by atoms with E-state index in [4.69, 9.17) is 28.3 Å². The van der Waals surface area contributed by atoms with E-state index in [1.807, 2.05) is 0 Å². The third-order valence-electron chi connectivity index (χ3n) is 3.66. The molecule has 0 saturated heterocycles. The second-order valence-electron chi connectivity index (χ2n) is 5.41. The lowest BCUT2D eigenvalue weighted by Gasteiger charge is -2.26. The zero-order valence-electron chi connectivity index (χ0n) is 13.4. The van der Waals surface area contributed by atoms with Crippen LogP contribution in [0.3, 0.4) is 0 Å². The number of nitrogens with zero attached hydrogens (tertiary/aromatic N) is 1. The summed E-state index contributed by atoms with van der Waals surface area (Å²) in [4.78, 5) is 10.9. The number of anilines is 1. The Balaban J connectivity index is 2.48. The van der Waals surface area contributed by atoms with E-state index in [0.29, 0.717) is 21.3 Å². The molecule has 2 aromatic rings. The van der Waals surface area contributed by atoms with Gasteiger partial charge in [0, 0.05) is 23.0 Å². The monoisotopic (exact) mass is 401 g/mol. The van der Waals surface area contributed by atoms with Gasteiger partial charge in [-0.2, -0.15) is 0 Å². The van der Waals surface area contributed by atoms with Crippen molar-refractivity contribution < 1.29 is 18.3 Å². The summed E-state index contributed by atoms with van der Waals surface area (Å²) in [5.41, 5.74) is 1.03. The molecule has 0 atom stereocenters. The van der Waals surface area contributed by atoms with Crippen molar-refractivity contribution in [3.63, 3.8) is 0 Å². The van der Waals surface area contributed by atoms with Crippen LogP contribution in [-0.4, -0.2) is 26.0 Å². The van der Waals surface area contributed by atoms with Crippen LogP contribution < -0.4 is 4.31 Å². The molecule has 0 radical (unpaired) electrons. The molecule has 0 aliphatic rings. The molecular formula is C17H17Cl2NO4S. The Morgan fingerprint density at radius 2 is 1.76 bits per heavy atom. The van der Waals surface area contributed by atoms with Crippen molar-refractivity contribution in [3.8, 4) is 0 Å². The van der Waals surface area contributed by atoms with Gasteiger partial charge in [0.2, 0.25) is 0 Å². The van der Waals surface area contributed by atoms with Crippen LogP contribution in [0.4, 0.5) is 5.69 Å². The highest BCUT2D eigenvalue weighted by Crippen LogP contribution is 2.31. The van der Waals surface area contributed by atoms with Crippen LogP contribution in [-0.2, 0) is 14.8 Å². The Morgan fingerprint density at radius 1 is 1.12 bits per heavy atom. The third-order valence-corrected chi connectivity index (χ3v) is 6.15. The Hall–Kier alpha value is -1.76. The van der Waals surface area contributed by atoms with Gasteiger partial charge in [-0.3, -0.25) is 9.10 Å². The lowest BCUT2D eigenvalue weighted by atomic mass is 10.2. The number of rotatable bonds is 7. The van der Waals surface area contributed by atoms with Crippen LogP contribution in [0.15, 0.2) is 47.4 Å². The predicted octanol–water partition coefficient (Wildman–Crippen LogP) is 4.36. The molecular weight excluding hydrogens is 385 g/mol. The quantitative estimate of drug-likeness (QED) is 0.747. The number of aliphatic carboxylic acids is 1. The summed E-state index contributed by atoms with van der Waals surface area (Å²) in [6.45, 7) is 1.75. The molecule has 1 N–H and O–H groups in total. The standard InChI is InChI=1S/C17H17Cl2NO4S/c1-12-15(19)4-2-5-16(12)20(11-3-6-17(21)22)25(23,24)14-9-7-13(18)8-10-14/h2,4-5,7-10H,3,6,11H2,1H3,(H,21,22). The molecule has 0 unspecified atom stereocenters. The molecule has 134 valence electrons. The van der Waals surface area contributed by atoms with Gasteiger partial charge in [-0.1, -0.05) is 29.3 Å². The first-order valence-corrected chi connectivity index (χ1v) is 9.68. The van der Waals surface area contributed by atoms with E-state index in [2.05, 4.69) is 0 Å². The highest BCUT2D eigenvalue weighted by atomic mass is 35.5. The van der Waals surface area contributed by atoms with E-state index in [0.717, 1.165) is 0 Å². The first-order valence-electron chi connectivity index (χ1n) is 7.48. The molecule has 0 heterocycles. The Labute approximate surface area is 156 Å². The van der Waals surface area contributed by atoms with Gasteiger partial charge in [0.05, 0.1) is 10.6 Å². The zero-order chi connectivity index (χ0) is 18.6. The number of hydrogen-bond acceptors (Lipinski definition) is 3. The lowest BCUT2D eigenvalue weighted by molar-refractivity contribution is -0.137. The van der Waals surface area contributed by atoms with E-state index < -0.39 is 16.0 Å². The van der Waals surface area contributed by atoms with Gasteiger partial charge < -0.3 is 5.11 Å². The molecule has 5 nitrogen and oxygen atoms in total. The topological polar surface area (TPSA) is 74.7 Å².